The van der Waals surface area contributed by atoms with Crippen LogP contribution in [0.3, 0.4) is 0 Å². The van der Waals surface area contributed by atoms with E-state index in [4.69, 9.17) is 16.4 Å². The Morgan fingerprint density at radius 2 is 2.07 bits per heavy atom. The van der Waals surface area contributed by atoms with Gasteiger partial charge in [0.25, 0.3) is 0 Å². The van der Waals surface area contributed by atoms with Gasteiger partial charge in [0.1, 0.15) is 5.25 Å². The number of amides is 1. The summed E-state index contributed by atoms with van der Waals surface area (Å²) in [6.07, 6.45) is -0.789. The Hall–Kier alpha value is -2.37. The van der Waals surface area contributed by atoms with Crippen LogP contribution in [0.5, 0.6) is 11.5 Å². The zero-order valence-corrected chi connectivity index (χ0v) is 16.1. The standard InChI is InChI=1S/C16H17ClN2O8S/c1-6-4-11(21)19(6)13(16(23)24)15(28(25)26)8-5-10(27-18-8)7-2-3-9(20)14(22)12(7)17/h2-3,6,10,13,15,20,22H,4-5H2,1H3,(H,23,24)(H,25,26)/t6-,10?,13-,15+/m1/s1. The smallest absolute Gasteiger partial charge is 0.328 e. The van der Waals surface area contributed by atoms with E-state index in [1.54, 1.807) is 6.92 Å². The van der Waals surface area contributed by atoms with Crippen molar-refractivity contribution in [2.45, 2.75) is 43.2 Å². The molecule has 1 amide bonds. The Bertz CT molecular complexity index is 892. The molecule has 12 heteroatoms. The topological polar surface area (TPSA) is 157 Å². The number of hydrogen-bond donors (Lipinski definition) is 4. The number of aromatic hydroxyl groups is 2. The lowest BCUT2D eigenvalue weighted by Crippen LogP contribution is -2.64. The lowest BCUT2D eigenvalue weighted by molar-refractivity contribution is -0.160. The third-order valence-corrected chi connectivity index (χ3v) is 6.14. The highest BCUT2D eigenvalue weighted by Crippen LogP contribution is 2.42. The summed E-state index contributed by atoms with van der Waals surface area (Å²) in [5.41, 5.74) is 0.243. The molecule has 0 saturated carbocycles. The highest BCUT2D eigenvalue weighted by molar-refractivity contribution is 7.80. The summed E-state index contributed by atoms with van der Waals surface area (Å²) in [7, 11) is 0. The largest absolute Gasteiger partial charge is 0.504 e. The number of benzene rings is 1. The molecule has 3 rings (SSSR count). The minimum Gasteiger partial charge on any atom is -0.504 e. The minimum atomic E-state index is -2.65. The van der Waals surface area contributed by atoms with Crippen molar-refractivity contribution in [1.29, 1.82) is 0 Å². The van der Waals surface area contributed by atoms with Crippen molar-refractivity contribution in [2.24, 2.45) is 5.16 Å². The Labute approximate surface area is 166 Å². The summed E-state index contributed by atoms with van der Waals surface area (Å²) in [6.45, 7) is 1.64. The van der Waals surface area contributed by atoms with Gasteiger partial charge in [-0.2, -0.15) is 0 Å². The van der Waals surface area contributed by atoms with Crippen LogP contribution in [0.15, 0.2) is 17.3 Å². The first kappa shape index (κ1) is 20.4. The molecule has 2 heterocycles. The van der Waals surface area contributed by atoms with Crippen molar-refractivity contribution in [2.75, 3.05) is 0 Å². The molecule has 10 nitrogen and oxygen atoms in total. The normalized spacial score (nSPS) is 24.8. The number of oxime groups is 1. The van der Waals surface area contributed by atoms with Gasteiger partial charge in [-0.25, -0.2) is 9.00 Å². The maximum absolute atomic E-state index is 12.0. The Balaban J connectivity index is 1.88. The monoisotopic (exact) mass is 432 g/mol. The summed E-state index contributed by atoms with van der Waals surface area (Å²) >= 11 is 3.35. The van der Waals surface area contributed by atoms with Crippen LogP contribution in [-0.4, -0.2) is 63.9 Å². The maximum Gasteiger partial charge on any atom is 0.328 e. The van der Waals surface area contributed by atoms with Crippen LogP contribution in [0.4, 0.5) is 0 Å². The van der Waals surface area contributed by atoms with Gasteiger partial charge in [0.15, 0.2) is 34.7 Å². The van der Waals surface area contributed by atoms with Crippen LogP contribution in [0.25, 0.3) is 0 Å². The molecule has 0 aromatic heterocycles. The van der Waals surface area contributed by atoms with Gasteiger partial charge in [-0.15, -0.1) is 0 Å². The number of nitrogens with zero attached hydrogens (tertiary/aromatic N) is 2. The maximum atomic E-state index is 12.0. The number of halogens is 1. The van der Waals surface area contributed by atoms with E-state index >= 15 is 0 Å². The zero-order valence-electron chi connectivity index (χ0n) is 14.5. The van der Waals surface area contributed by atoms with Crippen molar-refractivity contribution in [1.82, 2.24) is 4.90 Å². The molecule has 0 bridgehead atoms. The number of phenols is 2. The van der Waals surface area contributed by atoms with Crippen molar-refractivity contribution in [3.05, 3.63) is 22.7 Å². The number of carboxylic acids is 1. The molecule has 2 aliphatic heterocycles. The summed E-state index contributed by atoms with van der Waals surface area (Å²) in [4.78, 5) is 30.0. The van der Waals surface area contributed by atoms with Crippen molar-refractivity contribution in [3.63, 3.8) is 0 Å². The van der Waals surface area contributed by atoms with Gasteiger partial charge in [0, 0.05) is 24.4 Å². The number of phenolic OH excluding ortho intramolecular Hbond substituents is 2. The van der Waals surface area contributed by atoms with E-state index in [-0.39, 0.29) is 35.2 Å². The molecule has 1 fully saturated rings. The number of aliphatic carboxylic acids is 1. The summed E-state index contributed by atoms with van der Waals surface area (Å²) < 4.78 is 21.7. The van der Waals surface area contributed by atoms with E-state index in [2.05, 4.69) is 5.16 Å². The summed E-state index contributed by atoms with van der Waals surface area (Å²) in [5, 5.41) is 30.9. The fraction of sp³-hybridized carbons (Fsp3) is 0.438. The Kier molecular flexibility index (Phi) is 5.50. The first-order valence-electron chi connectivity index (χ1n) is 8.20. The van der Waals surface area contributed by atoms with E-state index in [9.17, 15) is 33.7 Å². The second kappa shape index (κ2) is 7.57. The van der Waals surface area contributed by atoms with Crippen molar-refractivity contribution < 1.29 is 38.5 Å². The summed E-state index contributed by atoms with van der Waals surface area (Å²) in [6, 6.07) is 0.620. The number of rotatable bonds is 6. The zero-order chi connectivity index (χ0) is 20.7. The molecule has 0 aliphatic carbocycles. The van der Waals surface area contributed by atoms with Crippen LogP contribution in [-0.2, 0) is 25.5 Å². The lowest BCUT2D eigenvalue weighted by atomic mass is 9.94. The van der Waals surface area contributed by atoms with Gasteiger partial charge < -0.3 is 29.6 Å². The van der Waals surface area contributed by atoms with Gasteiger partial charge in [0.05, 0.1) is 10.7 Å². The van der Waals surface area contributed by atoms with E-state index in [0.29, 0.717) is 0 Å². The quantitative estimate of drug-likeness (QED) is 0.297. The summed E-state index contributed by atoms with van der Waals surface area (Å²) in [5.74, 6) is -2.85. The third-order valence-electron chi connectivity index (χ3n) is 4.78. The first-order valence-corrected chi connectivity index (χ1v) is 9.74. The van der Waals surface area contributed by atoms with Gasteiger partial charge in [-0.3, -0.25) is 4.79 Å². The number of β-lactam (4-membered cyclic amide) rings is 1. The van der Waals surface area contributed by atoms with E-state index in [0.717, 1.165) is 4.90 Å². The molecule has 1 aromatic rings. The fourth-order valence-corrected chi connectivity index (χ4v) is 4.49. The number of carbonyl (C=O) groups excluding carboxylic acids is 1. The molecule has 1 saturated heterocycles. The van der Waals surface area contributed by atoms with Crippen LogP contribution >= 0.6 is 11.6 Å². The molecule has 1 aromatic carbocycles. The van der Waals surface area contributed by atoms with Crippen molar-refractivity contribution >= 4 is 40.3 Å². The molecule has 152 valence electrons. The van der Waals surface area contributed by atoms with E-state index < -0.39 is 51.9 Å². The van der Waals surface area contributed by atoms with E-state index in [1.165, 1.54) is 12.1 Å². The molecular weight excluding hydrogens is 416 g/mol. The second-order valence-corrected chi connectivity index (χ2v) is 7.99. The number of carbonyl (C=O) groups is 2. The molecule has 5 atom stereocenters. The van der Waals surface area contributed by atoms with Crippen molar-refractivity contribution in [3.8, 4) is 11.5 Å². The molecule has 0 radical (unpaired) electrons. The van der Waals surface area contributed by atoms with Gasteiger partial charge in [-0.1, -0.05) is 16.8 Å². The van der Waals surface area contributed by atoms with Crippen LogP contribution < -0.4 is 0 Å². The average Bonchev–Trinajstić information content (AvgIpc) is 3.08. The third kappa shape index (κ3) is 3.40. The average molecular weight is 433 g/mol. The highest BCUT2D eigenvalue weighted by Gasteiger charge is 2.50. The first-order chi connectivity index (χ1) is 13.1. The van der Waals surface area contributed by atoms with Gasteiger partial charge in [0.2, 0.25) is 5.91 Å². The molecule has 2 unspecified atom stereocenters. The van der Waals surface area contributed by atoms with Gasteiger partial charge in [-0.05, 0) is 19.1 Å². The predicted molar refractivity (Wildman–Crippen MR) is 97.6 cm³/mol. The van der Waals surface area contributed by atoms with Crippen LogP contribution in [0.2, 0.25) is 5.02 Å². The minimum absolute atomic E-state index is 0.0197. The molecular formula is C16H17ClN2O8S. The molecule has 28 heavy (non-hydrogen) atoms. The van der Waals surface area contributed by atoms with E-state index in [1.807, 2.05) is 0 Å². The highest BCUT2D eigenvalue weighted by atomic mass is 35.5. The second-order valence-electron chi connectivity index (χ2n) is 6.55. The van der Waals surface area contributed by atoms with Crippen LogP contribution in [0.1, 0.15) is 31.4 Å². The fourth-order valence-electron chi connectivity index (χ4n) is 3.37. The van der Waals surface area contributed by atoms with Crippen LogP contribution in [0, 0.1) is 0 Å². The number of likely N-dealkylation sites (tertiary alicyclic amines) is 1. The molecule has 4 N–H and O–H groups in total. The number of hydrogen-bond acceptors (Lipinski definition) is 7. The number of carboxylic acid groups (broad SMARTS) is 1. The lowest BCUT2D eigenvalue weighted by Gasteiger charge is -2.43. The Morgan fingerprint density at radius 1 is 1.39 bits per heavy atom. The van der Waals surface area contributed by atoms with Gasteiger partial charge >= 0.3 is 5.97 Å². The molecule has 0 spiro atoms. The SMILES string of the molecule is C[C@@H]1CC(=O)N1[C@@H](C(=O)O)[C@H](C1=NOC(c2ccc(O)c(O)c2Cl)C1)S(=O)O. The Morgan fingerprint density at radius 3 is 2.61 bits per heavy atom. The molecule has 2 aliphatic rings. The predicted octanol–water partition coefficient (Wildman–Crippen LogP) is 1.23.